The summed E-state index contributed by atoms with van der Waals surface area (Å²) >= 11 is 0. The van der Waals surface area contributed by atoms with Crippen LogP contribution in [0.4, 0.5) is 0 Å². The molecule has 0 atom stereocenters. The van der Waals surface area contributed by atoms with E-state index in [9.17, 15) is 0 Å². The maximum atomic E-state index is 4.94. The number of nitrogens with zero attached hydrogens (tertiary/aromatic N) is 2. The molecular weight excluding hydrogens is 340 g/mol. The van der Waals surface area contributed by atoms with Gasteiger partial charge in [0, 0.05) is 11.1 Å². The van der Waals surface area contributed by atoms with Gasteiger partial charge in [0.25, 0.3) is 0 Å². The zero-order valence-corrected chi connectivity index (χ0v) is 15.7. The molecule has 0 N–H and O–H groups in total. The van der Waals surface area contributed by atoms with E-state index in [2.05, 4.69) is 109 Å². The molecule has 28 heavy (non-hydrogen) atoms. The van der Waals surface area contributed by atoms with E-state index in [0.29, 0.717) is 0 Å². The SMILES string of the molecule is Cc1ccc(-c2cc3cc(-c4ccccc4)cc(-c4ccccc4)n3n2)cc1. The van der Waals surface area contributed by atoms with Crippen molar-refractivity contribution in [3.8, 4) is 33.6 Å². The first-order chi connectivity index (χ1) is 13.8. The topological polar surface area (TPSA) is 17.3 Å². The molecule has 2 nitrogen and oxygen atoms in total. The van der Waals surface area contributed by atoms with Crippen LogP contribution in [0, 0.1) is 6.92 Å². The highest BCUT2D eigenvalue weighted by atomic mass is 15.2. The number of aryl methyl sites for hydroxylation is 1. The predicted octanol–water partition coefficient (Wildman–Crippen LogP) is 6.64. The number of rotatable bonds is 3. The van der Waals surface area contributed by atoms with Crippen molar-refractivity contribution < 1.29 is 0 Å². The van der Waals surface area contributed by atoms with E-state index < -0.39 is 0 Å². The quantitative estimate of drug-likeness (QED) is 0.352. The zero-order chi connectivity index (χ0) is 18.9. The molecule has 0 amide bonds. The fourth-order valence-electron chi connectivity index (χ4n) is 3.58. The molecule has 0 aliphatic carbocycles. The summed E-state index contributed by atoms with van der Waals surface area (Å²) in [5.74, 6) is 0. The molecule has 0 saturated heterocycles. The molecular formula is C26H20N2. The summed E-state index contributed by atoms with van der Waals surface area (Å²) in [5.41, 5.74) is 9.12. The van der Waals surface area contributed by atoms with Crippen molar-refractivity contribution in [3.63, 3.8) is 0 Å². The standard InChI is InChI=1S/C26H20N2/c1-19-12-14-21(15-13-19)25-18-24-16-23(20-8-4-2-5-9-20)17-26(28(24)27-25)22-10-6-3-7-11-22/h2-18H,1H3. The van der Waals surface area contributed by atoms with Crippen molar-refractivity contribution in [3.05, 3.63) is 109 Å². The number of fused-ring (bicyclic) bond motifs is 1. The van der Waals surface area contributed by atoms with Crippen molar-refractivity contribution in [2.45, 2.75) is 6.92 Å². The summed E-state index contributed by atoms with van der Waals surface area (Å²) in [4.78, 5) is 0. The van der Waals surface area contributed by atoms with Gasteiger partial charge in [-0.1, -0.05) is 90.5 Å². The van der Waals surface area contributed by atoms with Crippen LogP contribution in [-0.2, 0) is 0 Å². The van der Waals surface area contributed by atoms with E-state index >= 15 is 0 Å². The van der Waals surface area contributed by atoms with Gasteiger partial charge in [0.1, 0.15) is 0 Å². The molecule has 2 aromatic heterocycles. The molecule has 2 heterocycles. The smallest absolute Gasteiger partial charge is 0.0933 e. The van der Waals surface area contributed by atoms with E-state index in [1.807, 2.05) is 6.07 Å². The van der Waals surface area contributed by atoms with E-state index in [1.165, 1.54) is 16.7 Å². The highest BCUT2D eigenvalue weighted by molar-refractivity contribution is 5.78. The molecule has 5 rings (SSSR count). The molecule has 0 aliphatic heterocycles. The second kappa shape index (κ2) is 6.82. The van der Waals surface area contributed by atoms with Crippen molar-refractivity contribution >= 4 is 5.52 Å². The molecule has 0 aliphatic rings. The summed E-state index contributed by atoms with van der Waals surface area (Å²) in [5, 5.41) is 4.94. The lowest BCUT2D eigenvalue weighted by Crippen LogP contribution is -1.95. The molecule has 0 fully saturated rings. The third kappa shape index (κ3) is 2.99. The first-order valence-electron chi connectivity index (χ1n) is 9.50. The van der Waals surface area contributed by atoms with E-state index in [0.717, 1.165) is 28.0 Å². The van der Waals surface area contributed by atoms with Crippen LogP contribution in [0.1, 0.15) is 5.56 Å². The van der Waals surface area contributed by atoms with Crippen LogP contribution in [0.5, 0.6) is 0 Å². The molecule has 134 valence electrons. The van der Waals surface area contributed by atoms with E-state index in [4.69, 9.17) is 5.10 Å². The average Bonchev–Trinajstić information content (AvgIpc) is 3.19. The summed E-state index contributed by atoms with van der Waals surface area (Å²) in [6.07, 6.45) is 0. The maximum Gasteiger partial charge on any atom is 0.0933 e. The van der Waals surface area contributed by atoms with Gasteiger partial charge in [0.05, 0.1) is 16.9 Å². The van der Waals surface area contributed by atoms with E-state index in [1.54, 1.807) is 0 Å². The first-order valence-corrected chi connectivity index (χ1v) is 9.50. The van der Waals surface area contributed by atoms with Crippen molar-refractivity contribution in [1.29, 1.82) is 0 Å². The largest absolute Gasteiger partial charge is 0.232 e. The van der Waals surface area contributed by atoms with Crippen LogP contribution in [0.3, 0.4) is 0 Å². The van der Waals surface area contributed by atoms with Crippen molar-refractivity contribution in [2.75, 3.05) is 0 Å². The molecule has 0 radical (unpaired) electrons. The van der Waals surface area contributed by atoms with Crippen LogP contribution >= 0.6 is 0 Å². The minimum absolute atomic E-state index is 0.988. The maximum absolute atomic E-state index is 4.94. The molecule has 3 aromatic carbocycles. The second-order valence-electron chi connectivity index (χ2n) is 7.09. The third-order valence-corrected chi connectivity index (χ3v) is 5.08. The van der Waals surface area contributed by atoms with Crippen LogP contribution in [0.15, 0.2) is 103 Å². The molecule has 0 unspecified atom stereocenters. The monoisotopic (exact) mass is 360 g/mol. The summed E-state index contributed by atoms with van der Waals surface area (Å²) in [6.45, 7) is 2.10. The first kappa shape index (κ1) is 16.5. The molecule has 0 bridgehead atoms. The number of hydrogen-bond donors (Lipinski definition) is 0. The van der Waals surface area contributed by atoms with Gasteiger partial charge in [-0.2, -0.15) is 5.10 Å². The van der Waals surface area contributed by atoms with Gasteiger partial charge in [0.15, 0.2) is 0 Å². The number of benzene rings is 3. The van der Waals surface area contributed by atoms with Gasteiger partial charge in [0.2, 0.25) is 0 Å². The zero-order valence-electron chi connectivity index (χ0n) is 15.7. The summed E-state index contributed by atoms with van der Waals surface area (Å²) in [6, 6.07) is 36.1. The van der Waals surface area contributed by atoms with Crippen LogP contribution in [0.2, 0.25) is 0 Å². The summed E-state index contributed by atoms with van der Waals surface area (Å²) in [7, 11) is 0. The Kier molecular flexibility index (Phi) is 4.02. The number of pyridine rings is 1. The third-order valence-electron chi connectivity index (χ3n) is 5.08. The Hall–Kier alpha value is -3.65. The van der Waals surface area contributed by atoms with Gasteiger partial charge >= 0.3 is 0 Å². The Morgan fingerprint density at radius 3 is 1.89 bits per heavy atom. The number of aromatic nitrogens is 2. The Morgan fingerprint density at radius 1 is 0.571 bits per heavy atom. The van der Waals surface area contributed by atoms with Crippen molar-refractivity contribution in [1.82, 2.24) is 9.61 Å². The van der Waals surface area contributed by atoms with Gasteiger partial charge in [-0.3, -0.25) is 0 Å². The highest BCUT2D eigenvalue weighted by Gasteiger charge is 2.12. The summed E-state index contributed by atoms with van der Waals surface area (Å²) < 4.78 is 2.05. The van der Waals surface area contributed by atoms with E-state index in [-0.39, 0.29) is 0 Å². The Bertz CT molecular complexity index is 1230. The van der Waals surface area contributed by atoms with Gasteiger partial charge in [-0.15, -0.1) is 0 Å². The van der Waals surface area contributed by atoms with Gasteiger partial charge in [-0.05, 0) is 36.2 Å². The average molecular weight is 360 g/mol. The lowest BCUT2D eigenvalue weighted by atomic mass is 10.0. The Labute approximate surface area is 164 Å². The molecule has 5 aromatic rings. The van der Waals surface area contributed by atoms with Gasteiger partial charge < -0.3 is 0 Å². The van der Waals surface area contributed by atoms with Crippen LogP contribution < -0.4 is 0 Å². The highest BCUT2D eigenvalue weighted by Crippen LogP contribution is 2.30. The predicted molar refractivity (Wildman–Crippen MR) is 116 cm³/mol. The van der Waals surface area contributed by atoms with Crippen molar-refractivity contribution in [2.24, 2.45) is 0 Å². The fraction of sp³-hybridized carbons (Fsp3) is 0.0385. The van der Waals surface area contributed by atoms with Crippen LogP contribution in [0.25, 0.3) is 39.2 Å². The lowest BCUT2D eigenvalue weighted by molar-refractivity contribution is 0.974. The lowest BCUT2D eigenvalue weighted by Gasteiger charge is -2.09. The normalized spacial score (nSPS) is 11.0. The Balaban J connectivity index is 1.75. The number of hydrogen-bond acceptors (Lipinski definition) is 1. The minimum Gasteiger partial charge on any atom is -0.232 e. The molecule has 2 heteroatoms. The van der Waals surface area contributed by atoms with Crippen LogP contribution in [-0.4, -0.2) is 9.61 Å². The van der Waals surface area contributed by atoms with Gasteiger partial charge in [-0.25, -0.2) is 4.52 Å². The molecule has 0 saturated carbocycles. The second-order valence-corrected chi connectivity index (χ2v) is 7.09. The fourth-order valence-corrected chi connectivity index (χ4v) is 3.58. The minimum atomic E-state index is 0.988. The molecule has 0 spiro atoms. The Morgan fingerprint density at radius 2 is 1.21 bits per heavy atom.